The molecule has 118 valence electrons. The number of rotatable bonds is 5. The number of hydrogen-bond donors (Lipinski definition) is 1. The molecule has 1 N–H and O–H groups in total. The second kappa shape index (κ2) is 7.61. The molecule has 0 amide bonds. The Balaban J connectivity index is 1.70. The molecule has 1 nitrogen and oxygen atoms in total. The molecule has 4 atom stereocenters. The summed E-state index contributed by atoms with van der Waals surface area (Å²) in [6, 6.07) is 5.13. The molecule has 2 saturated carbocycles. The van der Waals surface area contributed by atoms with Crippen molar-refractivity contribution in [1.82, 2.24) is 5.32 Å². The third-order valence-corrected chi connectivity index (χ3v) is 7.27. The Hall–Kier alpha value is 0.140. The van der Waals surface area contributed by atoms with E-state index in [1.807, 2.05) is 11.3 Å². The van der Waals surface area contributed by atoms with Crippen LogP contribution in [0.2, 0.25) is 0 Å². The van der Waals surface area contributed by atoms with Crippen LogP contribution in [0.15, 0.2) is 15.9 Å². The van der Waals surface area contributed by atoms with Gasteiger partial charge in [0.15, 0.2) is 0 Å². The average Bonchev–Trinajstić information content (AvgIpc) is 2.94. The number of halogens is 1. The maximum atomic E-state index is 3.85. The van der Waals surface area contributed by atoms with Crippen LogP contribution in [0.4, 0.5) is 0 Å². The lowest BCUT2D eigenvalue weighted by molar-refractivity contribution is 0.110. The van der Waals surface area contributed by atoms with Gasteiger partial charge >= 0.3 is 0 Å². The third-order valence-electron chi connectivity index (χ3n) is 5.57. The molecule has 21 heavy (non-hydrogen) atoms. The van der Waals surface area contributed by atoms with E-state index in [-0.39, 0.29) is 0 Å². The Labute approximate surface area is 142 Å². The maximum absolute atomic E-state index is 3.85. The Morgan fingerprint density at radius 1 is 1.19 bits per heavy atom. The highest BCUT2D eigenvalue weighted by Gasteiger charge is 2.36. The molecule has 0 spiro atoms. The minimum atomic E-state index is 0.587. The number of fused-ring (bicyclic) bond motifs is 1. The van der Waals surface area contributed by atoms with Crippen LogP contribution in [0.25, 0.3) is 0 Å². The topological polar surface area (TPSA) is 12.0 Å². The fourth-order valence-corrected chi connectivity index (χ4v) is 6.10. The zero-order valence-electron chi connectivity index (χ0n) is 13.1. The molecule has 0 aromatic carbocycles. The zero-order chi connectivity index (χ0) is 14.7. The van der Waals surface area contributed by atoms with Gasteiger partial charge in [-0.3, -0.25) is 0 Å². The number of thiophene rings is 1. The summed E-state index contributed by atoms with van der Waals surface area (Å²) >= 11 is 5.56. The van der Waals surface area contributed by atoms with Crippen LogP contribution in [-0.4, -0.2) is 6.54 Å². The van der Waals surface area contributed by atoms with Crippen molar-refractivity contribution in [3.05, 3.63) is 20.8 Å². The lowest BCUT2D eigenvalue weighted by atomic mass is 9.66. The van der Waals surface area contributed by atoms with E-state index in [0.29, 0.717) is 6.04 Å². The van der Waals surface area contributed by atoms with E-state index < -0.39 is 0 Å². The van der Waals surface area contributed by atoms with Crippen LogP contribution in [0.3, 0.4) is 0 Å². The monoisotopic (exact) mass is 369 g/mol. The van der Waals surface area contributed by atoms with Gasteiger partial charge in [0.2, 0.25) is 0 Å². The van der Waals surface area contributed by atoms with Crippen molar-refractivity contribution < 1.29 is 0 Å². The van der Waals surface area contributed by atoms with Crippen molar-refractivity contribution in [3.63, 3.8) is 0 Å². The third kappa shape index (κ3) is 3.92. The van der Waals surface area contributed by atoms with Crippen molar-refractivity contribution >= 4 is 27.3 Å². The molecule has 3 rings (SSSR count). The molecular weight excluding hydrogens is 342 g/mol. The first-order valence-corrected chi connectivity index (χ1v) is 10.4. The van der Waals surface area contributed by atoms with Crippen LogP contribution < -0.4 is 5.32 Å². The SMILES string of the molecule is CCCNC(c1ccc(Br)s1)C1CCC2CCCCC2C1. The van der Waals surface area contributed by atoms with Crippen LogP contribution >= 0.6 is 27.3 Å². The molecular formula is C18H28BrNS. The summed E-state index contributed by atoms with van der Waals surface area (Å²) in [5.41, 5.74) is 0. The van der Waals surface area contributed by atoms with Gasteiger partial charge in [0.25, 0.3) is 0 Å². The predicted octanol–water partition coefficient (Wildman–Crippen LogP) is 6.16. The molecule has 4 unspecified atom stereocenters. The van der Waals surface area contributed by atoms with E-state index in [1.54, 1.807) is 0 Å². The highest BCUT2D eigenvalue weighted by Crippen LogP contribution is 2.47. The van der Waals surface area contributed by atoms with Crippen LogP contribution in [-0.2, 0) is 0 Å². The van der Waals surface area contributed by atoms with Crippen molar-refractivity contribution in [1.29, 1.82) is 0 Å². The highest BCUT2D eigenvalue weighted by molar-refractivity contribution is 9.11. The van der Waals surface area contributed by atoms with Gasteiger partial charge in [-0.25, -0.2) is 0 Å². The summed E-state index contributed by atoms with van der Waals surface area (Å²) in [4.78, 5) is 1.54. The van der Waals surface area contributed by atoms with Crippen molar-refractivity contribution in [2.24, 2.45) is 17.8 Å². The van der Waals surface area contributed by atoms with E-state index in [4.69, 9.17) is 0 Å². The molecule has 2 fully saturated rings. The Morgan fingerprint density at radius 2 is 2.00 bits per heavy atom. The molecule has 3 heteroatoms. The molecule has 1 aromatic heterocycles. The summed E-state index contributed by atoms with van der Waals surface area (Å²) < 4.78 is 1.27. The van der Waals surface area contributed by atoms with E-state index in [0.717, 1.165) is 24.3 Å². The van der Waals surface area contributed by atoms with Gasteiger partial charge in [-0.15, -0.1) is 11.3 Å². The Kier molecular flexibility index (Phi) is 5.80. The average molecular weight is 370 g/mol. The second-order valence-electron chi connectivity index (χ2n) is 6.95. The first kappa shape index (κ1) is 16.0. The van der Waals surface area contributed by atoms with E-state index in [2.05, 4.69) is 40.3 Å². The normalized spacial score (nSPS) is 30.9. The molecule has 2 aliphatic carbocycles. The van der Waals surface area contributed by atoms with Gasteiger partial charge in [0.05, 0.1) is 3.79 Å². The molecule has 1 aromatic rings. The van der Waals surface area contributed by atoms with Gasteiger partial charge in [0.1, 0.15) is 0 Å². The molecule has 0 bridgehead atoms. The summed E-state index contributed by atoms with van der Waals surface area (Å²) in [5.74, 6) is 2.92. The van der Waals surface area contributed by atoms with E-state index >= 15 is 0 Å². The molecule has 0 saturated heterocycles. The Morgan fingerprint density at radius 3 is 2.71 bits per heavy atom. The van der Waals surface area contributed by atoms with E-state index in [9.17, 15) is 0 Å². The Bertz CT molecular complexity index is 444. The van der Waals surface area contributed by atoms with Gasteiger partial charge in [-0.1, -0.05) is 32.6 Å². The zero-order valence-corrected chi connectivity index (χ0v) is 15.5. The number of nitrogens with one attached hydrogen (secondary N) is 1. The van der Waals surface area contributed by atoms with Gasteiger partial charge in [0, 0.05) is 10.9 Å². The lowest BCUT2D eigenvalue weighted by Crippen LogP contribution is -2.35. The smallest absolute Gasteiger partial charge is 0.0701 e. The summed E-state index contributed by atoms with van der Waals surface area (Å²) in [6.07, 6.45) is 11.6. The predicted molar refractivity (Wildman–Crippen MR) is 95.8 cm³/mol. The molecule has 2 aliphatic rings. The minimum Gasteiger partial charge on any atom is -0.309 e. The summed E-state index contributed by atoms with van der Waals surface area (Å²) in [5, 5.41) is 3.85. The van der Waals surface area contributed by atoms with Crippen LogP contribution in [0, 0.1) is 17.8 Å². The minimum absolute atomic E-state index is 0.587. The van der Waals surface area contributed by atoms with Gasteiger partial charge < -0.3 is 5.32 Å². The first-order valence-electron chi connectivity index (χ1n) is 8.76. The standard InChI is InChI=1S/C18H28BrNS/c1-2-11-20-18(16-9-10-17(19)21-16)15-8-7-13-5-3-4-6-14(13)12-15/h9-10,13-15,18,20H,2-8,11-12H2,1H3. The quantitative estimate of drug-likeness (QED) is 0.655. The second-order valence-corrected chi connectivity index (χ2v) is 9.45. The molecule has 0 aliphatic heterocycles. The maximum Gasteiger partial charge on any atom is 0.0701 e. The van der Waals surface area contributed by atoms with Crippen molar-refractivity contribution in [3.8, 4) is 0 Å². The van der Waals surface area contributed by atoms with Crippen LogP contribution in [0.5, 0.6) is 0 Å². The van der Waals surface area contributed by atoms with Gasteiger partial charge in [-0.2, -0.15) is 0 Å². The van der Waals surface area contributed by atoms with Gasteiger partial charge in [-0.05, 0) is 78.0 Å². The van der Waals surface area contributed by atoms with Crippen LogP contribution in [0.1, 0.15) is 69.2 Å². The van der Waals surface area contributed by atoms with Crippen molar-refractivity contribution in [2.45, 2.75) is 64.3 Å². The fraction of sp³-hybridized carbons (Fsp3) is 0.778. The molecule has 1 heterocycles. The number of hydrogen-bond acceptors (Lipinski definition) is 2. The first-order chi connectivity index (χ1) is 10.3. The fourth-order valence-electron chi connectivity index (χ4n) is 4.51. The highest BCUT2D eigenvalue weighted by atomic mass is 79.9. The summed E-state index contributed by atoms with van der Waals surface area (Å²) in [6.45, 7) is 3.41. The lowest BCUT2D eigenvalue weighted by Gasteiger charge is -2.42. The summed E-state index contributed by atoms with van der Waals surface area (Å²) in [7, 11) is 0. The van der Waals surface area contributed by atoms with E-state index in [1.165, 1.54) is 60.0 Å². The van der Waals surface area contributed by atoms with Crippen molar-refractivity contribution in [2.75, 3.05) is 6.54 Å². The largest absolute Gasteiger partial charge is 0.309 e. The molecule has 0 radical (unpaired) electrons.